The Morgan fingerprint density at radius 1 is 0.938 bits per heavy atom. The minimum absolute atomic E-state index is 0.559. The van der Waals surface area contributed by atoms with Crippen molar-refractivity contribution < 1.29 is 0 Å². The number of anilines is 1. The second-order valence-corrected chi connectivity index (χ2v) is 4.04. The molecular formula is C13H13ClN2. The van der Waals surface area contributed by atoms with Gasteiger partial charge < -0.3 is 11.5 Å². The molecule has 0 saturated carbocycles. The van der Waals surface area contributed by atoms with Crippen LogP contribution in [0.2, 0.25) is 5.02 Å². The van der Waals surface area contributed by atoms with Gasteiger partial charge in [0.1, 0.15) is 0 Å². The van der Waals surface area contributed by atoms with Gasteiger partial charge in [0.25, 0.3) is 0 Å². The quantitative estimate of drug-likeness (QED) is 0.782. The summed E-state index contributed by atoms with van der Waals surface area (Å²) < 4.78 is 0. The van der Waals surface area contributed by atoms with Gasteiger partial charge in [0.2, 0.25) is 0 Å². The van der Waals surface area contributed by atoms with Crippen molar-refractivity contribution in [2.75, 3.05) is 5.73 Å². The van der Waals surface area contributed by atoms with Crippen LogP contribution in [0.3, 0.4) is 0 Å². The molecule has 0 atom stereocenters. The van der Waals surface area contributed by atoms with E-state index in [9.17, 15) is 0 Å². The van der Waals surface area contributed by atoms with Crippen LogP contribution in [0.5, 0.6) is 0 Å². The summed E-state index contributed by atoms with van der Waals surface area (Å²) in [5.41, 5.74) is 15.2. The highest BCUT2D eigenvalue weighted by Gasteiger charge is 2.01. The van der Waals surface area contributed by atoms with Crippen LogP contribution in [0.25, 0.3) is 11.1 Å². The van der Waals surface area contributed by atoms with Crippen LogP contribution in [0.15, 0.2) is 42.5 Å². The van der Waals surface area contributed by atoms with Crippen molar-refractivity contribution in [1.82, 2.24) is 0 Å². The van der Waals surface area contributed by atoms with Crippen molar-refractivity contribution in [3.05, 3.63) is 53.1 Å². The SMILES string of the molecule is NCc1ccc(-c2ccc(Cl)c(N)c2)cc1. The van der Waals surface area contributed by atoms with E-state index in [1.165, 1.54) is 0 Å². The lowest BCUT2D eigenvalue weighted by atomic mass is 10.0. The summed E-state index contributed by atoms with van der Waals surface area (Å²) in [7, 11) is 0. The molecule has 0 spiro atoms. The molecule has 0 bridgehead atoms. The normalized spacial score (nSPS) is 10.4. The Balaban J connectivity index is 2.38. The lowest BCUT2D eigenvalue weighted by Crippen LogP contribution is -1.95. The average Bonchev–Trinajstić information content (AvgIpc) is 2.33. The summed E-state index contributed by atoms with van der Waals surface area (Å²) in [5.74, 6) is 0. The Hall–Kier alpha value is -1.51. The number of hydrogen-bond donors (Lipinski definition) is 2. The second-order valence-electron chi connectivity index (χ2n) is 3.64. The summed E-state index contributed by atoms with van der Waals surface area (Å²) in [5, 5.41) is 0.585. The Bertz CT molecular complexity index is 492. The summed E-state index contributed by atoms with van der Waals surface area (Å²) in [4.78, 5) is 0. The van der Waals surface area contributed by atoms with Crippen molar-refractivity contribution in [2.24, 2.45) is 5.73 Å². The van der Waals surface area contributed by atoms with Crippen molar-refractivity contribution in [1.29, 1.82) is 0 Å². The molecule has 0 unspecified atom stereocenters. The first-order chi connectivity index (χ1) is 7.70. The van der Waals surface area contributed by atoms with Crippen molar-refractivity contribution in [3.8, 4) is 11.1 Å². The smallest absolute Gasteiger partial charge is 0.0635 e. The number of nitrogens with two attached hydrogens (primary N) is 2. The van der Waals surface area contributed by atoms with Crippen LogP contribution < -0.4 is 11.5 Å². The van der Waals surface area contributed by atoms with Gasteiger partial charge in [-0.1, -0.05) is 41.9 Å². The molecule has 2 rings (SSSR count). The molecule has 2 aromatic carbocycles. The van der Waals surface area contributed by atoms with E-state index >= 15 is 0 Å². The van der Waals surface area contributed by atoms with E-state index in [0.29, 0.717) is 17.3 Å². The predicted octanol–water partition coefficient (Wildman–Crippen LogP) is 3.05. The third kappa shape index (κ3) is 2.18. The molecule has 0 saturated heterocycles. The first kappa shape index (κ1) is 11.0. The van der Waals surface area contributed by atoms with Gasteiger partial charge in [-0.2, -0.15) is 0 Å². The Morgan fingerprint density at radius 3 is 2.12 bits per heavy atom. The fourth-order valence-corrected chi connectivity index (χ4v) is 1.67. The summed E-state index contributed by atoms with van der Waals surface area (Å²) in [6, 6.07) is 13.7. The van der Waals surface area contributed by atoms with E-state index in [0.717, 1.165) is 16.7 Å². The Morgan fingerprint density at radius 2 is 1.56 bits per heavy atom. The Labute approximate surface area is 99.8 Å². The monoisotopic (exact) mass is 232 g/mol. The molecule has 3 heteroatoms. The number of hydrogen-bond acceptors (Lipinski definition) is 2. The summed E-state index contributed by atoms with van der Waals surface area (Å²) >= 11 is 5.87. The molecule has 0 amide bonds. The molecule has 82 valence electrons. The first-order valence-electron chi connectivity index (χ1n) is 5.05. The van der Waals surface area contributed by atoms with Gasteiger partial charge in [-0.25, -0.2) is 0 Å². The van der Waals surface area contributed by atoms with Crippen LogP contribution in [0, 0.1) is 0 Å². The van der Waals surface area contributed by atoms with Crippen molar-refractivity contribution >= 4 is 17.3 Å². The van der Waals surface area contributed by atoms with Gasteiger partial charge in [-0.3, -0.25) is 0 Å². The standard InChI is InChI=1S/C13H13ClN2/c14-12-6-5-11(7-13(12)16)10-3-1-9(8-15)2-4-10/h1-7H,8,15-16H2. The maximum Gasteiger partial charge on any atom is 0.0635 e. The molecule has 0 fully saturated rings. The molecule has 0 aliphatic heterocycles. The van der Waals surface area contributed by atoms with Gasteiger partial charge in [0, 0.05) is 6.54 Å². The van der Waals surface area contributed by atoms with E-state index in [1.807, 2.05) is 42.5 Å². The summed E-state index contributed by atoms with van der Waals surface area (Å²) in [6.45, 7) is 0.559. The highest BCUT2D eigenvalue weighted by Crippen LogP contribution is 2.26. The predicted molar refractivity (Wildman–Crippen MR) is 69.2 cm³/mol. The van der Waals surface area contributed by atoms with Gasteiger partial charge in [-0.05, 0) is 28.8 Å². The number of nitrogen functional groups attached to an aromatic ring is 1. The first-order valence-corrected chi connectivity index (χ1v) is 5.43. The molecular weight excluding hydrogens is 220 g/mol. The molecule has 2 nitrogen and oxygen atoms in total. The highest BCUT2D eigenvalue weighted by molar-refractivity contribution is 6.33. The molecule has 4 N–H and O–H groups in total. The van der Waals surface area contributed by atoms with Gasteiger partial charge in [-0.15, -0.1) is 0 Å². The number of rotatable bonds is 2. The van der Waals surface area contributed by atoms with E-state index in [4.69, 9.17) is 23.1 Å². The zero-order chi connectivity index (χ0) is 11.5. The van der Waals surface area contributed by atoms with Gasteiger partial charge in [0.05, 0.1) is 10.7 Å². The second kappa shape index (κ2) is 4.56. The van der Waals surface area contributed by atoms with E-state index in [2.05, 4.69) is 0 Å². The van der Waals surface area contributed by atoms with Gasteiger partial charge >= 0.3 is 0 Å². The van der Waals surface area contributed by atoms with E-state index in [-0.39, 0.29) is 0 Å². The lowest BCUT2D eigenvalue weighted by molar-refractivity contribution is 1.07. The largest absolute Gasteiger partial charge is 0.398 e. The van der Waals surface area contributed by atoms with Crippen LogP contribution in [0.1, 0.15) is 5.56 Å². The molecule has 0 heterocycles. The molecule has 0 radical (unpaired) electrons. The minimum Gasteiger partial charge on any atom is -0.398 e. The molecule has 16 heavy (non-hydrogen) atoms. The zero-order valence-corrected chi connectivity index (χ0v) is 9.54. The third-order valence-electron chi connectivity index (χ3n) is 2.52. The molecule has 2 aromatic rings. The number of halogens is 1. The molecule has 0 aromatic heterocycles. The number of benzene rings is 2. The average molecular weight is 233 g/mol. The highest BCUT2D eigenvalue weighted by atomic mass is 35.5. The van der Waals surface area contributed by atoms with Crippen LogP contribution in [-0.4, -0.2) is 0 Å². The molecule has 0 aliphatic rings. The minimum atomic E-state index is 0.559. The molecule has 0 aliphatic carbocycles. The van der Waals surface area contributed by atoms with Crippen molar-refractivity contribution in [2.45, 2.75) is 6.54 Å². The van der Waals surface area contributed by atoms with Crippen LogP contribution in [-0.2, 0) is 6.54 Å². The van der Waals surface area contributed by atoms with Crippen LogP contribution >= 0.6 is 11.6 Å². The topological polar surface area (TPSA) is 52.0 Å². The maximum absolute atomic E-state index is 5.87. The van der Waals surface area contributed by atoms with E-state index < -0.39 is 0 Å². The fraction of sp³-hybridized carbons (Fsp3) is 0.0769. The lowest BCUT2D eigenvalue weighted by Gasteiger charge is -2.05. The Kier molecular flexibility index (Phi) is 3.13. The van der Waals surface area contributed by atoms with Crippen molar-refractivity contribution in [3.63, 3.8) is 0 Å². The fourth-order valence-electron chi connectivity index (χ4n) is 1.56. The van der Waals surface area contributed by atoms with Crippen LogP contribution in [0.4, 0.5) is 5.69 Å². The third-order valence-corrected chi connectivity index (χ3v) is 2.86. The summed E-state index contributed by atoms with van der Waals surface area (Å²) in [6.07, 6.45) is 0. The van der Waals surface area contributed by atoms with Gasteiger partial charge in [0.15, 0.2) is 0 Å². The van der Waals surface area contributed by atoms with E-state index in [1.54, 1.807) is 0 Å². The zero-order valence-electron chi connectivity index (χ0n) is 8.78. The maximum atomic E-state index is 5.87.